The molecule has 2 nitrogen and oxygen atoms in total. The molecule has 0 aliphatic carbocycles. The van der Waals surface area contributed by atoms with Crippen molar-refractivity contribution in [3.8, 4) is 0 Å². The van der Waals surface area contributed by atoms with Gasteiger partial charge in [-0.05, 0) is 12.3 Å². The first kappa shape index (κ1) is 9.47. The molecule has 0 aliphatic heterocycles. The van der Waals surface area contributed by atoms with Gasteiger partial charge in [0.25, 0.3) is 0 Å². The molecule has 60 valence electrons. The molecule has 0 amide bonds. The first-order chi connectivity index (χ1) is 4.77. The summed E-state index contributed by atoms with van der Waals surface area (Å²) in [5.41, 5.74) is 0. The first-order valence-corrected chi connectivity index (χ1v) is 3.87. The van der Waals surface area contributed by atoms with Crippen LogP contribution in [-0.4, -0.2) is 6.29 Å². The average molecular weight is 144 g/mol. The molecule has 2 heteroatoms. The van der Waals surface area contributed by atoms with Crippen molar-refractivity contribution in [2.24, 2.45) is 5.92 Å². The molecule has 0 aromatic carbocycles. The zero-order valence-corrected chi connectivity index (χ0v) is 6.80. The van der Waals surface area contributed by atoms with Gasteiger partial charge in [-0.25, -0.2) is 0 Å². The maximum absolute atomic E-state index is 9.47. The molecule has 0 saturated carbocycles. The Labute approximate surface area is 62.5 Å². The number of carbonyl (C=O) groups excluding carboxylic acids is 1. The minimum absolute atomic E-state index is 0.771. The Morgan fingerprint density at radius 3 is 2.60 bits per heavy atom. The van der Waals surface area contributed by atoms with E-state index in [9.17, 15) is 5.26 Å². The molecule has 0 spiro atoms. The SMILES string of the molecule is CC(C)CCCCC=[O+][O-]. The van der Waals surface area contributed by atoms with Gasteiger partial charge in [0.1, 0.15) is 0 Å². The van der Waals surface area contributed by atoms with Gasteiger partial charge >= 0.3 is 6.29 Å². The van der Waals surface area contributed by atoms with Gasteiger partial charge in [-0.2, -0.15) is 4.58 Å². The second kappa shape index (κ2) is 6.59. The molecule has 0 rings (SSSR count). The number of hydrogen-bond donors (Lipinski definition) is 0. The van der Waals surface area contributed by atoms with E-state index in [-0.39, 0.29) is 0 Å². The smallest absolute Gasteiger partial charge is 0.318 e. The van der Waals surface area contributed by atoms with Crippen LogP contribution in [0.15, 0.2) is 0 Å². The standard InChI is InChI=1S/C8H16O2/c1-8(2)6-4-3-5-7-10-9/h7-8H,3-6H2,1-2H3. The Morgan fingerprint density at radius 1 is 1.40 bits per heavy atom. The van der Waals surface area contributed by atoms with Crippen molar-refractivity contribution >= 4 is 6.29 Å². The molecule has 0 aromatic rings. The van der Waals surface area contributed by atoms with Crippen LogP contribution in [0.4, 0.5) is 0 Å². The van der Waals surface area contributed by atoms with Crippen molar-refractivity contribution in [3.63, 3.8) is 0 Å². The summed E-state index contributed by atoms with van der Waals surface area (Å²) in [6, 6.07) is 0. The summed E-state index contributed by atoms with van der Waals surface area (Å²) in [6.45, 7) is 4.40. The predicted molar refractivity (Wildman–Crippen MR) is 39.4 cm³/mol. The Bertz CT molecular complexity index is 87.3. The monoisotopic (exact) mass is 144 g/mol. The van der Waals surface area contributed by atoms with Crippen LogP contribution in [0.2, 0.25) is 0 Å². The molecule has 0 heterocycles. The van der Waals surface area contributed by atoms with E-state index < -0.39 is 0 Å². The molecule has 0 unspecified atom stereocenters. The zero-order chi connectivity index (χ0) is 7.82. The van der Waals surface area contributed by atoms with Crippen molar-refractivity contribution in [2.75, 3.05) is 0 Å². The van der Waals surface area contributed by atoms with Crippen molar-refractivity contribution in [3.05, 3.63) is 0 Å². The van der Waals surface area contributed by atoms with Gasteiger partial charge in [0, 0.05) is 0 Å². The second-order valence-electron chi connectivity index (χ2n) is 2.94. The van der Waals surface area contributed by atoms with Crippen LogP contribution >= 0.6 is 0 Å². The van der Waals surface area contributed by atoms with E-state index in [0.717, 1.165) is 18.8 Å². The van der Waals surface area contributed by atoms with Crippen LogP contribution in [-0.2, 0) is 4.58 Å². The summed E-state index contributed by atoms with van der Waals surface area (Å²) in [4.78, 5) is 0. The van der Waals surface area contributed by atoms with Gasteiger partial charge in [0.15, 0.2) is 0 Å². The highest BCUT2D eigenvalue weighted by Crippen LogP contribution is 2.06. The van der Waals surface area contributed by atoms with Gasteiger partial charge in [0.2, 0.25) is 0 Å². The zero-order valence-electron chi connectivity index (χ0n) is 6.80. The Hall–Kier alpha value is -0.530. The van der Waals surface area contributed by atoms with E-state index in [4.69, 9.17) is 0 Å². The quantitative estimate of drug-likeness (QED) is 0.188. The number of rotatable bonds is 5. The molecule has 0 fully saturated rings. The predicted octanol–water partition coefficient (Wildman–Crippen LogP) is 1.21. The number of aldehydes is 1. The Balaban J connectivity index is 2.91. The van der Waals surface area contributed by atoms with Gasteiger partial charge < -0.3 is 5.26 Å². The van der Waals surface area contributed by atoms with Crippen LogP contribution < -0.4 is 5.26 Å². The molecule has 0 bridgehead atoms. The third-order valence-corrected chi connectivity index (χ3v) is 1.42. The maximum Gasteiger partial charge on any atom is 0.318 e. The highest BCUT2D eigenvalue weighted by atomic mass is 17.1. The topological polar surface area (TPSA) is 34.4 Å². The number of hydrogen-bond acceptors (Lipinski definition) is 1. The highest BCUT2D eigenvalue weighted by molar-refractivity contribution is 5.49. The molecule has 10 heavy (non-hydrogen) atoms. The summed E-state index contributed by atoms with van der Waals surface area (Å²) < 4.78 is 3.57. The largest absolute Gasteiger partial charge is 0.463 e. The third kappa shape index (κ3) is 7.47. The Morgan fingerprint density at radius 2 is 2.10 bits per heavy atom. The molecule has 0 aliphatic rings. The fourth-order valence-corrected chi connectivity index (χ4v) is 0.828. The van der Waals surface area contributed by atoms with Gasteiger partial charge in [0.05, 0.1) is 6.42 Å². The minimum Gasteiger partial charge on any atom is -0.463 e. The Kier molecular flexibility index (Phi) is 6.24. The summed E-state index contributed by atoms with van der Waals surface area (Å²) >= 11 is 0. The molecule has 0 N–H and O–H groups in total. The normalized spacial score (nSPS) is 11.5. The summed E-state index contributed by atoms with van der Waals surface area (Å²) in [6.07, 6.45) is 5.61. The molecular weight excluding hydrogens is 128 g/mol. The van der Waals surface area contributed by atoms with Crippen molar-refractivity contribution in [1.29, 1.82) is 0 Å². The van der Waals surface area contributed by atoms with E-state index >= 15 is 0 Å². The highest BCUT2D eigenvalue weighted by Gasteiger charge is 1.94. The van der Waals surface area contributed by atoms with E-state index in [2.05, 4.69) is 18.4 Å². The third-order valence-electron chi connectivity index (χ3n) is 1.42. The van der Waals surface area contributed by atoms with Crippen molar-refractivity contribution in [2.45, 2.75) is 39.5 Å². The van der Waals surface area contributed by atoms with Crippen LogP contribution in [0.1, 0.15) is 39.5 Å². The lowest BCUT2D eigenvalue weighted by atomic mass is 10.1. The minimum atomic E-state index is 0.771. The van der Waals surface area contributed by atoms with Gasteiger partial charge in [-0.3, -0.25) is 0 Å². The van der Waals surface area contributed by atoms with Crippen LogP contribution in [0, 0.1) is 5.92 Å². The van der Waals surface area contributed by atoms with Crippen LogP contribution in [0.3, 0.4) is 0 Å². The van der Waals surface area contributed by atoms with Crippen LogP contribution in [0.5, 0.6) is 0 Å². The number of unbranched alkanes of at least 4 members (excludes halogenated alkanes) is 2. The lowest BCUT2D eigenvalue weighted by Gasteiger charge is -2.00. The van der Waals surface area contributed by atoms with Crippen LogP contribution in [0.25, 0.3) is 0 Å². The van der Waals surface area contributed by atoms with Crippen molar-refractivity contribution in [1.82, 2.24) is 0 Å². The second-order valence-corrected chi connectivity index (χ2v) is 2.94. The summed E-state index contributed by atoms with van der Waals surface area (Å²) in [7, 11) is 0. The fourth-order valence-electron chi connectivity index (χ4n) is 0.828. The van der Waals surface area contributed by atoms with E-state index in [0.29, 0.717) is 0 Å². The molecule has 0 aromatic heterocycles. The summed E-state index contributed by atoms with van der Waals surface area (Å²) in [5, 5.41) is 9.47. The molecular formula is C8H16O2. The van der Waals surface area contributed by atoms with Crippen molar-refractivity contribution < 1.29 is 9.83 Å². The van der Waals surface area contributed by atoms with Gasteiger partial charge in [-0.15, -0.1) is 0 Å². The van der Waals surface area contributed by atoms with E-state index in [1.165, 1.54) is 19.1 Å². The lowest BCUT2D eigenvalue weighted by molar-refractivity contribution is -1.04. The van der Waals surface area contributed by atoms with Gasteiger partial charge in [-0.1, -0.05) is 26.7 Å². The molecule has 0 saturated heterocycles. The molecule has 0 atom stereocenters. The lowest BCUT2D eigenvalue weighted by Crippen LogP contribution is -1.97. The first-order valence-electron chi connectivity index (χ1n) is 3.87. The summed E-state index contributed by atoms with van der Waals surface area (Å²) in [5.74, 6) is 0.771. The maximum atomic E-state index is 9.47. The average Bonchev–Trinajstić information content (AvgIpc) is 1.87. The molecule has 0 radical (unpaired) electrons. The fraction of sp³-hybridized carbons (Fsp3) is 0.875. The van der Waals surface area contributed by atoms with E-state index in [1.807, 2.05) is 0 Å². The van der Waals surface area contributed by atoms with E-state index in [1.54, 1.807) is 0 Å².